The van der Waals surface area contributed by atoms with E-state index in [2.05, 4.69) is 10.2 Å². The number of halogens is 1. The first-order valence-electron chi connectivity index (χ1n) is 10.3. The monoisotopic (exact) mass is 460 g/mol. The number of benzene rings is 2. The van der Waals surface area contributed by atoms with E-state index in [0.717, 1.165) is 12.1 Å². The van der Waals surface area contributed by atoms with Gasteiger partial charge in [-0.1, -0.05) is 18.5 Å². The molecule has 1 heterocycles. The van der Waals surface area contributed by atoms with E-state index in [1.165, 1.54) is 25.3 Å². The lowest BCUT2D eigenvalue weighted by Gasteiger charge is -2.37. The number of amides is 2. The third-order valence-electron chi connectivity index (χ3n) is 5.28. The molecular weight excluding hydrogens is 436 g/mol. The van der Waals surface area contributed by atoms with Gasteiger partial charge in [-0.05, 0) is 36.8 Å². The first-order valence-corrected chi connectivity index (χ1v) is 10.7. The molecule has 10 heteroatoms. The molecule has 1 saturated heterocycles. The molecule has 170 valence electrons. The molecule has 1 N–H and O–H groups in total. The zero-order valence-corrected chi connectivity index (χ0v) is 18.7. The Morgan fingerprint density at radius 2 is 1.88 bits per heavy atom. The Bertz CT molecular complexity index is 1020. The molecule has 2 aromatic carbocycles. The summed E-state index contributed by atoms with van der Waals surface area (Å²) in [5.41, 5.74) is 1.10. The first-order chi connectivity index (χ1) is 15.3. The van der Waals surface area contributed by atoms with Gasteiger partial charge in [-0.25, -0.2) is 0 Å². The van der Waals surface area contributed by atoms with E-state index >= 15 is 0 Å². The van der Waals surface area contributed by atoms with E-state index in [9.17, 15) is 19.7 Å². The third-order valence-corrected chi connectivity index (χ3v) is 5.52. The third kappa shape index (κ3) is 5.28. The van der Waals surface area contributed by atoms with Gasteiger partial charge in [-0.15, -0.1) is 0 Å². The molecule has 0 spiro atoms. The largest absolute Gasteiger partial charge is 0.490 e. The lowest BCUT2D eigenvalue weighted by atomic mass is 10.1. The lowest BCUT2D eigenvalue weighted by Crippen LogP contribution is -2.48. The number of hydrogen-bond donors (Lipinski definition) is 1. The van der Waals surface area contributed by atoms with Gasteiger partial charge in [0.2, 0.25) is 5.91 Å². The van der Waals surface area contributed by atoms with Crippen molar-refractivity contribution in [2.24, 2.45) is 0 Å². The van der Waals surface area contributed by atoms with Crippen molar-refractivity contribution in [2.45, 2.75) is 19.8 Å². The topological polar surface area (TPSA) is 105 Å². The van der Waals surface area contributed by atoms with Gasteiger partial charge in [0, 0.05) is 49.3 Å². The van der Waals surface area contributed by atoms with Gasteiger partial charge < -0.3 is 19.9 Å². The van der Waals surface area contributed by atoms with Gasteiger partial charge in [0.05, 0.1) is 23.4 Å². The van der Waals surface area contributed by atoms with Crippen LogP contribution in [0.3, 0.4) is 0 Å². The van der Waals surface area contributed by atoms with Crippen molar-refractivity contribution in [3.63, 3.8) is 0 Å². The molecule has 0 unspecified atom stereocenters. The summed E-state index contributed by atoms with van der Waals surface area (Å²) in [6.45, 7) is 4.41. The molecule has 3 rings (SSSR count). The Labute approximate surface area is 191 Å². The quantitative estimate of drug-likeness (QED) is 0.495. The standard InChI is InChI=1S/C22H25ClN4O5/c1-3-4-21(28)26-11-9-25(10-12-26)18-7-6-16(23)14-17(18)24-22(29)15-5-8-20(32-2)19(13-15)27(30)31/h5-8,13-14H,3-4,9-12H2,1-2H3,(H,24,29). The molecule has 0 bridgehead atoms. The van der Waals surface area contributed by atoms with Crippen LogP contribution in [0, 0.1) is 10.1 Å². The molecule has 0 saturated carbocycles. The second-order valence-electron chi connectivity index (χ2n) is 7.38. The Kier molecular flexibility index (Phi) is 7.53. The summed E-state index contributed by atoms with van der Waals surface area (Å²) in [6.07, 6.45) is 1.35. The number of hydrogen-bond acceptors (Lipinski definition) is 6. The predicted molar refractivity (Wildman–Crippen MR) is 123 cm³/mol. The maximum atomic E-state index is 12.9. The zero-order valence-electron chi connectivity index (χ0n) is 18.0. The summed E-state index contributed by atoms with van der Waals surface area (Å²) in [5, 5.41) is 14.5. The summed E-state index contributed by atoms with van der Waals surface area (Å²) < 4.78 is 4.99. The van der Waals surface area contributed by atoms with E-state index in [0.29, 0.717) is 43.3 Å². The molecule has 2 amide bonds. The van der Waals surface area contributed by atoms with Gasteiger partial charge in [-0.2, -0.15) is 0 Å². The molecule has 0 aromatic heterocycles. The number of carbonyl (C=O) groups is 2. The average Bonchev–Trinajstić information content (AvgIpc) is 2.79. The van der Waals surface area contributed by atoms with Crippen molar-refractivity contribution in [1.29, 1.82) is 0 Å². The van der Waals surface area contributed by atoms with Crippen LogP contribution in [0.15, 0.2) is 36.4 Å². The van der Waals surface area contributed by atoms with Crippen LogP contribution in [0.25, 0.3) is 0 Å². The number of rotatable bonds is 7. The Morgan fingerprint density at radius 3 is 2.50 bits per heavy atom. The van der Waals surface area contributed by atoms with Gasteiger partial charge in [0.15, 0.2) is 5.75 Å². The molecule has 0 aliphatic carbocycles. The highest BCUT2D eigenvalue weighted by molar-refractivity contribution is 6.31. The predicted octanol–water partition coefficient (Wildman–Crippen LogP) is 3.96. The molecule has 2 aromatic rings. The fourth-order valence-electron chi connectivity index (χ4n) is 3.62. The minimum absolute atomic E-state index is 0.0745. The van der Waals surface area contributed by atoms with Crippen molar-refractivity contribution < 1.29 is 19.2 Å². The van der Waals surface area contributed by atoms with Crippen LogP contribution in [0.4, 0.5) is 17.1 Å². The number of nitro groups is 1. The number of piperazine rings is 1. The number of carbonyl (C=O) groups excluding carboxylic acids is 2. The number of methoxy groups -OCH3 is 1. The van der Waals surface area contributed by atoms with E-state index in [-0.39, 0.29) is 22.9 Å². The Hall–Kier alpha value is -3.33. The number of nitrogens with one attached hydrogen (secondary N) is 1. The van der Waals surface area contributed by atoms with Crippen molar-refractivity contribution in [1.82, 2.24) is 4.90 Å². The highest BCUT2D eigenvalue weighted by Gasteiger charge is 2.24. The Balaban J connectivity index is 1.79. The minimum Gasteiger partial charge on any atom is -0.490 e. The van der Waals surface area contributed by atoms with Crippen LogP contribution in [0.2, 0.25) is 5.02 Å². The maximum absolute atomic E-state index is 12.9. The second-order valence-corrected chi connectivity index (χ2v) is 7.81. The van der Waals surface area contributed by atoms with Crippen molar-refractivity contribution in [3.05, 3.63) is 57.1 Å². The normalized spacial score (nSPS) is 13.6. The highest BCUT2D eigenvalue weighted by atomic mass is 35.5. The molecule has 1 aliphatic rings. The average molecular weight is 461 g/mol. The summed E-state index contributed by atoms with van der Waals surface area (Å²) in [6, 6.07) is 9.22. The molecule has 0 atom stereocenters. The van der Waals surface area contributed by atoms with Crippen LogP contribution in [-0.2, 0) is 4.79 Å². The zero-order chi connectivity index (χ0) is 23.3. The molecule has 1 aliphatic heterocycles. The summed E-state index contributed by atoms with van der Waals surface area (Å²) >= 11 is 6.16. The number of anilines is 2. The fraction of sp³-hybridized carbons (Fsp3) is 0.364. The first kappa shape index (κ1) is 23.3. The van der Waals surface area contributed by atoms with E-state index < -0.39 is 10.8 Å². The SMILES string of the molecule is CCCC(=O)N1CCN(c2ccc(Cl)cc2NC(=O)c2ccc(OC)c([N+](=O)[O-])c2)CC1. The van der Waals surface area contributed by atoms with Crippen molar-refractivity contribution in [2.75, 3.05) is 43.5 Å². The van der Waals surface area contributed by atoms with Gasteiger partial charge in [-0.3, -0.25) is 19.7 Å². The van der Waals surface area contributed by atoms with Crippen LogP contribution in [0.5, 0.6) is 5.75 Å². The maximum Gasteiger partial charge on any atom is 0.311 e. The van der Waals surface area contributed by atoms with Gasteiger partial charge in [0.1, 0.15) is 0 Å². The molecule has 32 heavy (non-hydrogen) atoms. The van der Waals surface area contributed by atoms with Crippen LogP contribution >= 0.6 is 11.6 Å². The molecule has 0 radical (unpaired) electrons. The minimum atomic E-state index is -0.597. The number of ether oxygens (including phenoxy) is 1. The van der Waals surface area contributed by atoms with Gasteiger partial charge >= 0.3 is 5.69 Å². The molecular formula is C22H25ClN4O5. The van der Waals surface area contributed by atoms with E-state index in [4.69, 9.17) is 16.3 Å². The fourth-order valence-corrected chi connectivity index (χ4v) is 3.79. The number of nitrogens with zero attached hydrogens (tertiary/aromatic N) is 3. The highest BCUT2D eigenvalue weighted by Crippen LogP contribution is 2.32. The Morgan fingerprint density at radius 1 is 1.16 bits per heavy atom. The summed E-state index contributed by atoms with van der Waals surface area (Å²) in [4.78, 5) is 39.6. The van der Waals surface area contributed by atoms with Crippen molar-refractivity contribution >= 4 is 40.5 Å². The summed E-state index contributed by atoms with van der Waals surface area (Å²) in [7, 11) is 1.33. The second kappa shape index (κ2) is 10.3. The van der Waals surface area contributed by atoms with E-state index in [1.54, 1.807) is 12.1 Å². The molecule has 9 nitrogen and oxygen atoms in total. The number of nitro benzene ring substituents is 1. The van der Waals surface area contributed by atoms with Crippen LogP contribution < -0.4 is 15.0 Å². The summed E-state index contributed by atoms with van der Waals surface area (Å²) in [5.74, 6) is -0.278. The van der Waals surface area contributed by atoms with Crippen LogP contribution in [-0.4, -0.2) is 54.9 Å². The van der Waals surface area contributed by atoms with Gasteiger partial charge in [0.25, 0.3) is 5.91 Å². The smallest absolute Gasteiger partial charge is 0.311 e. The van der Waals surface area contributed by atoms with Crippen LogP contribution in [0.1, 0.15) is 30.1 Å². The molecule has 1 fully saturated rings. The van der Waals surface area contributed by atoms with Crippen molar-refractivity contribution in [3.8, 4) is 5.75 Å². The van der Waals surface area contributed by atoms with E-state index in [1.807, 2.05) is 17.9 Å². The lowest BCUT2D eigenvalue weighted by molar-refractivity contribution is -0.385.